The molecular formula is C11H11NO2. The van der Waals surface area contributed by atoms with Crippen molar-refractivity contribution in [1.29, 1.82) is 0 Å². The average Bonchev–Trinajstić information content (AvgIpc) is 2.72. The van der Waals surface area contributed by atoms with E-state index in [-0.39, 0.29) is 0 Å². The molecule has 0 radical (unpaired) electrons. The summed E-state index contributed by atoms with van der Waals surface area (Å²) in [4.78, 5) is 3.90. The highest BCUT2D eigenvalue weighted by Crippen LogP contribution is 2.17. The van der Waals surface area contributed by atoms with Gasteiger partial charge in [0.25, 0.3) is 0 Å². The number of pyridine rings is 1. The molecule has 0 saturated heterocycles. The molecule has 0 bridgehead atoms. The van der Waals surface area contributed by atoms with Gasteiger partial charge in [0.15, 0.2) is 0 Å². The van der Waals surface area contributed by atoms with Crippen LogP contribution in [0.2, 0.25) is 0 Å². The van der Waals surface area contributed by atoms with Crippen molar-refractivity contribution in [2.24, 2.45) is 0 Å². The van der Waals surface area contributed by atoms with Crippen molar-refractivity contribution in [1.82, 2.24) is 4.98 Å². The van der Waals surface area contributed by atoms with Gasteiger partial charge in [0.05, 0.1) is 18.6 Å². The largest absolute Gasteiger partial charge is 0.472 e. The third-order valence-corrected chi connectivity index (χ3v) is 2.10. The van der Waals surface area contributed by atoms with E-state index in [0.29, 0.717) is 6.42 Å². The molecule has 0 amide bonds. The fourth-order valence-corrected chi connectivity index (χ4v) is 1.34. The van der Waals surface area contributed by atoms with E-state index >= 15 is 0 Å². The molecule has 2 aromatic heterocycles. The number of aliphatic hydroxyl groups is 1. The first-order chi connectivity index (χ1) is 6.86. The lowest BCUT2D eigenvalue weighted by Crippen LogP contribution is -2.00. The second-order valence-corrected chi connectivity index (χ2v) is 3.13. The topological polar surface area (TPSA) is 46.3 Å². The zero-order valence-corrected chi connectivity index (χ0v) is 7.63. The molecule has 0 aromatic carbocycles. The molecule has 1 N–H and O–H groups in total. The second-order valence-electron chi connectivity index (χ2n) is 3.13. The van der Waals surface area contributed by atoms with Gasteiger partial charge < -0.3 is 9.52 Å². The fraction of sp³-hybridized carbons (Fsp3) is 0.182. The van der Waals surface area contributed by atoms with Crippen LogP contribution in [-0.4, -0.2) is 10.1 Å². The minimum atomic E-state index is -0.490. The summed E-state index contributed by atoms with van der Waals surface area (Å²) in [5, 5.41) is 9.82. The summed E-state index contributed by atoms with van der Waals surface area (Å²) in [5.74, 6) is 0. The van der Waals surface area contributed by atoms with E-state index in [1.54, 1.807) is 24.9 Å². The maximum Gasteiger partial charge on any atom is 0.0935 e. The third kappa shape index (κ3) is 2.00. The standard InChI is InChI=1S/C11H11NO2/c13-11(7-9-3-6-14-8-9)10-1-4-12-5-2-10/h1-6,8,11,13H,7H2. The third-order valence-electron chi connectivity index (χ3n) is 2.10. The van der Waals surface area contributed by atoms with Crippen molar-refractivity contribution in [2.45, 2.75) is 12.5 Å². The minimum absolute atomic E-state index is 0.490. The number of hydrogen-bond acceptors (Lipinski definition) is 3. The Hall–Kier alpha value is -1.61. The maximum absolute atomic E-state index is 9.82. The van der Waals surface area contributed by atoms with E-state index in [0.717, 1.165) is 11.1 Å². The molecule has 2 rings (SSSR count). The molecule has 3 nitrogen and oxygen atoms in total. The Labute approximate surface area is 82.0 Å². The summed E-state index contributed by atoms with van der Waals surface area (Å²) in [6.07, 6.45) is 6.68. The molecule has 1 unspecified atom stereocenters. The highest BCUT2D eigenvalue weighted by Gasteiger charge is 2.08. The summed E-state index contributed by atoms with van der Waals surface area (Å²) in [6, 6.07) is 5.47. The lowest BCUT2D eigenvalue weighted by molar-refractivity contribution is 0.178. The van der Waals surface area contributed by atoms with Crippen LogP contribution in [0, 0.1) is 0 Å². The predicted molar refractivity (Wildman–Crippen MR) is 51.6 cm³/mol. The average molecular weight is 189 g/mol. The zero-order chi connectivity index (χ0) is 9.80. The first-order valence-electron chi connectivity index (χ1n) is 4.45. The van der Waals surface area contributed by atoms with Gasteiger partial charge in [-0.3, -0.25) is 4.98 Å². The molecule has 0 fully saturated rings. The van der Waals surface area contributed by atoms with Gasteiger partial charge in [-0.2, -0.15) is 0 Å². The van der Waals surface area contributed by atoms with E-state index in [1.807, 2.05) is 18.2 Å². The summed E-state index contributed by atoms with van der Waals surface area (Å²) in [6.45, 7) is 0. The molecule has 0 spiro atoms. The van der Waals surface area contributed by atoms with Crippen LogP contribution in [0.15, 0.2) is 47.5 Å². The van der Waals surface area contributed by atoms with Gasteiger partial charge in [0, 0.05) is 18.8 Å². The van der Waals surface area contributed by atoms with Gasteiger partial charge in [0.1, 0.15) is 0 Å². The molecule has 14 heavy (non-hydrogen) atoms. The highest BCUT2D eigenvalue weighted by molar-refractivity contribution is 5.17. The SMILES string of the molecule is OC(Cc1ccoc1)c1ccncc1. The zero-order valence-electron chi connectivity index (χ0n) is 7.63. The summed E-state index contributed by atoms with van der Waals surface area (Å²) in [5.41, 5.74) is 1.87. The molecule has 3 heteroatoms. The van der Waals surface area contributed by atoms with Gasteiger partial charge in [-0.15, -0.1) is 0 Å². The number of aromatic nitrogens is 1. The van der Waals surface area contributed by atoms with Gasteiger partial charge in [-0.05, 0) is 29.3 Å². The van der Waals surface area contributed by atoms with Gasteiger partial charge in [-0.1, -0.05) is 0 Å². The van der Waals surface area contributed by atoms with Crippen molar-refractivity contribution in [2.75, 3.05) is 0 Å². The van der Waals surface area contributed by atoms with Crippen LogP contribution in [-0.2, 0) is 6.42 Å². The quantitative estimate of drug-likeness (QED) is 0.802. The summed E-state index contributed by atoms with van der Waals surface area (Å²) >= 11 is 0. The minimum Gasteiger partial charge on any atom is -0.472 e. The number of aliphatic hydroxyl groups excluding tert-OH is 1. The van der Waals surface area contributed by atoms with Crippen molar-refractivity contribution in [3.05, 3.63) is 54.2 Å². The fourth-order valence-electron chi connectivity index (χ4n) is 1.34. The molecule has 2 aromatic rings. The Morgan fingerprint density at radius 2 is 2.07 bits per heavy atom. The molecular weight excluding hydrogens is 178 g/mol. The van der Waals surface area contributed by atoms with Crippen molar-refractivity contribution >= 4 is 0 Å². The Kier molecular flexibility index (Phi) is 2.60. The van der Waals surface area contributed by atoms with Crippen LogP contribution in [0.4, 0.5) is 0 Å². The van der Waals surface area contributed by atoms with E-state index in [1.165, 1.54) is 0 Å². The Morgan fingerprint density at radius 3 is 2.71 bits per heavy atom. The van der Waals surface area contributed by atoms with Gasteiger partial charge in [0.2, 0.25) is 0 Å². The van der Waals surface area contributed by atoms with Crippen molar-refractivity contribution < 1.29 is 9.52 Å². The predicted octanol–water partition coefficient (Wildman–Crippen LogP) is 1.95. The van der Waals surface area contributed by atoms with Crippen LogP contribution in [0.25, 0.3) is 0 Å². The van der Waals surface area contributed by atoms with Crippen molar-refractivity contribution in [3.8, 4) is 0 Å². The van der Waals surface area contributed by atoms with E-state index in [4.69, 9.17) is 4.42 Å². The molecule has 0 saturated carbocycles. The number of hydrogen-bond donors (Lipinski definition) is 1. The van der Waals surface area contributed by atoms with E-state index in [2.05, 4.69) is 4.98 Å². The first-order valence-corrected chi connectivity index (χ1v) is 4.45. The number of furan rings is 1. The van der Waals surface area contributed by atoms with Crippen LogP contribution in [0.3, 0.4) is 0 Å². The van der Waals surface area contributed by atoms with Crippen LogP contribution in [0.5, 0.6) is 0 Å². The van der Waals surface area contributed by atoms with Crippen molar-refractivity contribution in [3.63, 3.8) is 0 Å². The highest BCUT2D eigenvalue weighted by atomic mass is 16.3. The molecule has 0 aliphatic rings. The summed E-state index contributed by atoms with van der Waals surface area (Å²) in [7, 11) is 0. The lowest BCUT2D eigenvalue weighted by atomic mass is 10.1. The Bertz CT molecular complexity index is 369. The smallest absolute Gasteiger partial charge is 0.0935 e. The monoisotopic (exact) mass is 189 g/mol. The van der Waals surface area contributed by atoms with Crippen LogP contribution < -0.4 is 0 Å². The Balaban J connectivity index is 2.07. The number of rotatable bonds is 3. The maximum atomic E-state index is 9.82. The van der Waals surface area contributed by atoms with E-state index in [9.17, 15) is 5.11 Å². The van der Waals surface area contributed by atoms with Gasteiger partial charge >= 0.3 is 0 Å². The lowest BCUT2D eigenvalue weighted by Gasteiger charge is -2.08. The molecule has 0 aliphatic carbocycles. The molecule has 72 valence electrons. The first kappa shape index (κ1) is 8.97. The Morgan fingerprint density at radius 1 is 1.29 bits per heavy atom. The molecule has 0 aliphatic heterocycles. The molecule has 2 heterocycles. The van der Waals surface area contributed by atoms with E-state index < -0.39 is 6.10 Å². The van der Waals surface area contributed by atoms with Crippen LogP contribution in [0.1, 0.15) is 17.2 Å². The van der Waals surface area contributed by atoms with Crippen LogP contribution >= 0.6 is 0 Å². The second kappa shape index (κ2) is 4.07. The molecule has 1 atom stereocenters. The normalized spacial score (nSPS) is 12.6. The number of nitrogens with zero attached hydrogens (tertiary/aromatic N) is 1. The summed E-state index contributed by atoms with van der Waals surface area (Å²) < 4.78 is 4.93. The van der Waals surface area contributed by atoms with Gasteiger partial charge in [-0.25, -0.2) is 0 Å².